The molecule has 1 atom stereocenters. The Balaban J connectivity index is 1.80. The molecule has 0 spiro atoms. The van der Waals surface area contributed by atoms with Gasteiger partial charge in [-0.2, -0.15) is 13.2 Å². The first-order chi connectivity index (χ1) is 15.4. The maximum atomic E-state index is 13.5. The van der Waals surface area contributed by atoms with Crippen LogP contribution in [0.25, 0.3) is 0 Å². The fourth-order valence-corrected chi connectivity index (χ4v) is 5.75. The number of hydrogen-bond donors (Lipinski definition) is 2. The third-order valence-corrected chi connectivity index (χ3v) is 7.21. The van der Waals surface area contributed by atoms with E-state index >= 15 is 0 Å². The van der Waals surface area contributed by atoms with Crippen molar-refractivity contribution in [2.24, 2.45) is 5.41 Å². The van der Waals surface area contributed by atoms with E-state index in [2.05, 4.69) is 10.6 Å². The number of nitrogens with one attached hydrogen (secondary N) is 2. The summed E-state index contributed by atoms with van der Waals surface area (Å²) in [6.45, 7) is 7.69. The maximum absolute atomic E-state index is 13.5. The molecule has 0 saturated carbocycles. The molecule has 2 N–H and O–H groups in total. The van der Waals surface area contributed by atoms with Crippen LogP contribution in [0.4, 0.5) is 18.9 Å². The Kier molecular flexibility index (Phi) is 5.76. The minimum absolute atomic E-state index is 0.0416. The van der Waals surface area contributed by atoms with Crippen molar-refractivity contribution in [2.75, 3.05) is 5.32 Å². The van der Waals surface area contributed by atoms with Gasteiger partial charge in [0.1, 0.15) is 0 Å². The summed E-state index contributed by atoms with van der Waals surface area (Å²) in [4.78, 5) is 27.6. The molecule has 8 heteroatoms. The van der Waals surface area contributed by atoms with Gasteiger partial charge in [0.15, 0.2) is 5.78 Å². The standard InChI is InChI=1S/C25H25F3N2O2S/c1-13-9-10-33-22(13)21-19(14(2)29-17-11-24(3,4)12-18(31)20(17)21)23(32)30-16-8-6-5-7-15(16)25(26,27)28/h5-10,21,29H,11-12H2,1-4H3,(H,30,32)/t21-/m1/s1. The van der Waals surface area contributed by atoms with Gasteiger partial charge in [-0.3, -0.25) is 9.59 Å². The van der Waals surface area contributed by atoms with Gasteiger partial charge in [0.25, 0.3) is 5.91 Å². The van der Waals surface area contributed by atoms with Crippen LogP contribution in [-0.2, 0) is 15.8 Å². The molecule has 1 amide bonds. The number of ketones is 1. The van der Waals surface area contributed by atoms with Gasteiger partial charge in [-0.25, -0.2) is 0 Å². The Morgan fingerprint density at radius 3 is 2.48 bits per heavy atom. The normalized spacial score (nSPS) is 20.5. The molecule has 0 saturated heterocycles. The highest BCUT2D eigenvalue weighted by molar-refractivity contribution is 7.10. The second-order valence-electron chi connectivity index (χ2n) is 9.40. The quantitative estimate of drug-likeness (QED) is 0.548. The number of hydrogen-bond acceptors (Lipinski definition) is 4. The number of benzene rings is 1. The van der Waals surface area contributed by atoms with Gasteiger partial charge in [0, 0.05) is 33.8 Å². The van der Waals surface area contributed by atoms with Crippen LogP contribution < -0.4 is 10.6 Å². The molecule has 0 bridgehead atoms. The molecule has 4 nitrogen and oxygen atoms in total. The first kappa shape index (κ1) is 23.3. The highest BCUT2D eigenvalue weighted by Gasteiger charge is 2.44. The van der Waals surface area contributed by atoms with Crippen LogP contribution in [0.15, 0.2) is 58.3 Å². The largest absolute Gasteiger partial charge is 0.418 e. The molecule has 2 heterocycles. The summed E-state index contributed by atoms with van der Waals surface area (Å²) in [7, 11) is 0. The van der Waals surface area contributed by atoms with Crippen molar-refractivity contribution in [3.05, 3.63) is 74.3 Å². The number of allylic oxidation sites excluding steroid dienone is 3. The molecule has 174 valence electrons. The smallest absolute Gasteiger partial charge is 0.362 e. The molecule has 2 aromatic rings. The number of alkyl halides is 3. The lowest BCUT2D eigenvalue weighted by Crippen LogP contribution is -2.39. The Morgan fingerprint density at radius 1 is 1.15 bits per heavy atom. The second-order valence-corrected chi connectivity index (χ2v) is 10.3. The summed E-state index contributed by atoms with van der Waals surface area (Å²) in [5.41, 5.74) is 1.63. The summed E-state index contributed by atoms with van der Waals surface area (Å²) >= 11 is 1.44. The molecule has 1 aromatic carbocycles. The number of rotatable bonds is 3. The third kappa shape index (κ3) is 4.36. The molecule has 4 rings (SSSR count). The highest BCUT2D eigenvalue weighted by Crippen LogP contribution is 2.48. The first-order valence-corrected chi connectivity index (χ1v) is 11.5. The average Bonchev–Trinajstić information content (AvgIpc) is 3.10. The fourth-order valence-electron chi connectivity index (χ4n) is 4.71. The van der Waals surface area contributed by atoms with E-state index in [-0.39, 0.29) is 22.5 Å². The Morgan fingerprint density at radius 2 is 1.85 bits per heavy atom. The van der Waals surface area contributed by atoms with Crippen molar-refractivity contribution in [2.45, 2.75) is 52.6 Å². The van der Waals surface area contributed by atoms with Gasteiger partial charge in [-0.05, 0) is 54.8 Å². The minimum Gasteiger partial charge on any atom is -0.362 e. The molecule has 1 aromatic heterocycles. The van der Waals surface area contributed by atoms with Gasteiger partial charge in [-0.15, -0.1) is 11.3 Å². The Hall–Kier alpha value is -2.87. The topological polar surface area (TPSA) is 58.2 Å². The first-order valence-electron chi connectivity index (χ1n) is 10.6. The van der Waals surface area contributed by atoms with E-state index in [1.54, 1.807) is 6.92 Å². The Bertz CT molecular complexity index is 1200. The van der Waals surface area contributed by atoms with E-state index in [1.165, 1.54) is 29.5 Å². The molecule has 0 unspecified atom stereocenters. The second kappa shape index (κ2) is 8.17. The number of aryl methyl sites for hydroxylation is 1. The van der Waals surface area contributed by atoms with Crippen molar-refractivity contribution in [1.82, 2.24) is 5.32 Å². The number of dihydropyridines is 1. The van der Waals surface area contributed by atoms with Crippen LogP contribution in [0.5, 0.6) is 0 Å². The van der Waals surface area contributed by atoms with Crippen LogP contribution >= 0.6 is 11.3 Å². The van der Waals surface area contributed by atoms with Crippen LogP contribution in [0.1, 0.15) is 55.5 Å². The van der Waals surface area contributed by atoms with Crippen LogP contribution in [0.3, 0.4) is 0 Å². The number of carbonyl (C=O) groups is 2. The lowest BCUT2D eigenvalue weighted by Gasteiger charge is -2.39. The van der Waals surface area contributed by atoms with Gasteiger partial charge in [0.05, 0.1) is 17.2 Å². The monoisotopic (exact) mass is 474 g/mol. The number of carbonyl (C=O) groups excluding carboxylic acids is 2. The lowest BCUT2D eigenvalue weighted by atomic mass is 9.69. The van der Waals surface area contributed by atoms with E-state index < -0.39 is 23.6 Å². The van der Waals surface area contributed by atoms with Crippen LogP contribution in [-0.4, -0.2) is 11.7 Å². The van der Waals surface area contributed by atoms with Gasteiger partial charge in [-0.1, -0.05) is 26.0 Å². The number of Topliss-reactive ketones (excluding diaryl/α,β-unsaturated/α-hetero) is 1. The molecule has 1 aliphatic carbocycles. The number of halogens is 3. The van der Waals surface area contributed by atoms with Gasteiger partial charge >= 0.3 is 6.18 Å². The van der Waals surface area contributed by atoms with Crippen molar-refractivity contribution >= 4 is 28.7 Å². The van der Waals surface area contributed by atoms with Crippen LogP contribution in [0.2, 0.25) is 0 Å². The van der Waals surface area contributed by atoms with Gasteiger partial charge in [0.2, 0.25) is 0 Å². The molecule has 2 aliphatic rings. The fraction of sp³-hybridized carbons (Fsp3) is 0.360. The summed E-state index contributed by atoms with van der Waals surface area (Å²) in [6.07, 6.45) is -3.61. The maximum Gasteiger partial charge on any atom is 0.418 e. The van der Waals surface area contributed by atoms with E-state index in [4.69, 9.17) is 0 Å². The molecular weight excluding hydrogens is 449 g/mol. The van der Waals surface area contributed by atoms with Crippen molar-refractivity contribution in [3.63, 3.8) is 0 Å². The zero-order valence-electron chi connectivity index (χ0n) is 18.8. The zero-order valence-corrected chi connectivity index (χ0v) is 19.6. The number of anilines is 1. The highest BCUT2D eigenvalue weighted by atomic mass is 32.1. The van der Waals surface area contributed by atoms with Crippen molar-refractivity contribution in [3.8, 4) is 0 Å². The lowest BCUT2D eigenvalue weighted by molar-refractivity contribution is -0.137. The van der Waals surface area contributed by atoms with E-state index in [1.807, 2.05) is 32.2 Å². The molecule has 0 radical (unpaired) electrons. The predicted octanol–water partition coefficient (Wildman–Crippen LogP) is 6.32. The molecule has 33 heavy (non-hydrogen) atoms. The van der Waals surface area contributed by atoms with Gasteiger partial charge < -0.3 is 10.6 Å². The average molecular weight is 475 g/mol. The summed E-state index contributed by atoms with van der Waals surface area (Å²) < 4.78 is 40.5. The summed E-state index contributed by atoms with van der Waals surface area (Å²) in [5, 5.41) is 7.60. The zero-order chi connectivity index (χ0) is 24.1. The van der Waals surface area contributed by atoms with Crippen LogP contribution in [0, 0.1) is 12.3 Å². The van der Waals surface area contributed by atoms with E-state index in [0.717, 1.165) is 22.2 Å². The summed E-state index contributed by atoms with van der Waals surface area (Å²) in [5.74, 6) is -1.32. The number of thiophene rings is 1. The molecule has 1 aliphatic heterocycles. The summed E-state index contributed by atoms with van der Waals surface area (Å²) in [6, 6.07) is 6.81. The van der Waals surface area contributed by atoms with Crippen molar-refractivity contribution < 1.29 is 22.8 Å². The van der Waals surface area contributed by atoms with E-state index in [0.29, 0.717) is 24.1 Å². The number of amides is 1. The van der Waals surface area contributed by atoms with E-state index in [9.17, 15) is 22.8 Å². The SMILES string of the molecule is CC1=C(C(=O)Nc2ccccc2C(F)(F)F)[C@@H](c2sccc2C)C2=C(CC(C)(C)CC2=O)N1. The molecular formula is C25H25F3N2O2S. The molecule has 0 fully saturated rings. The minimum atomic E-state index is -4.61. The third-order valence-electron chi connectivity index (χ3n) is 6.13. The Labute approximate surface area is 194 Å². The van der Waals surface area contributed by atoms with Crippen molar-refractivity contribution in [1.29, 1.82) is 0 Å². The number of para-hydroxylation sites is 1. The predicted molar refractivity (Wildman–Crippen MR) is 123 cm³/mol.